The normalized spacial score (nSPS) is 13.1. The summed E-state index contributed by atoms with van der Waals surface area (Å²) in [6, 6.07) is 13.8. The second-order valence-electron chi connectivity index (χ2n) is 8.76. The number of hydrogen-bond acceptors (Lipinski definition) is 2. The van der Waals surface area contributed by atoms with E-state index in [2.05, 4.69) is 60.6 Å². The van der Waals surface area contributed by atoms with E-state index >= 15 is 0 Å². The third kappa shape index (κ3) is 3.02. The van der Waals surface area contributed by atoms with Crippen LogP contribution in [-0.2, 0) is 10.8 Å². The van der Waals surface area contributed by atoms with Gasteiger partial charge in [0.25, 0.3) is 0 Å². The Balaban J connectivity index is 2.68. The molecule has 0 saturated heterocycles. The quantitative estimate of drug-likeness (QED) is 0.705. The molecule has 2 heteroatoms. The predicted molar refractivity (Wildman–Crippen MR) is 101 cm³/mol. The molecule has 130 valence electrons. The van der Waals surface area contributed by atoms with Crippen molar-refractivity contribution in [2.45, 2.75) is 59.3 Å². The van der Waals surface area contributed by atoms with Gasteiger partial charge in [0.15, 0.2) is 11.5 Å². The smallest absolute Gasteiger partial charge is 0.161 e. The van der Waals surface area contributed by atoms with E-state index in [0.29, 0.717) is 0 Å². The number of phenolic OH excluding ortho intramolecular Hbond substituents is 2. The molecule has 0 aliphatic heterocycles. The summed E-state index contributed by atoms with van der Waals surface area (Å²) >= 11 is 0. The highest BCUT2D eigenvalue weighted by Gasteiger charge is 2.37. The van der Waals surface area contributed by atoms with Gasteiger partial charge in [0.2, 0.25) is 0 Å². The highest BCUT2D eigenvalue weighted by Crippen LogP contribution is 2.47. The van der Waals surface area contributed by atoms with Gasteiger partial charge >= 0.3 is 0 Å². The van der Waals surface area contributed by atoms with Crippen LogP contribution in [0.1, 0.15) is 65.2 Å². The van der Waals surface area contributed by atoms with Gasteiger partial charge in [-0.25, -0.2) is 0 Å². The van der Waals surface area contributed by atoms with Crippen LogP contribution in [0.5, 0.6) is 11.5 Å². The molecule has 0 unspecified atom stereocenters. The van der Waals surface area contributed by atoms with Crippen LogP contribution in [0.4, 0.5) is 0 Å². The van der Waals surface area contributed by atoms with Crippen molar-refractivity contribution < 1.29 is 10.2 Å². The maximum absolute atomic E-state index is 10.5. The molecule has 0 aliphatic carbocycles. The summed E-state index contributed by atoms with van der Waals surface area (Å²) < 4.78 is 0. The van der Waals surface area contributed by atoms with Crippen molar-refractivity contribution in [2.24, 2.45) is 5.41 Å². The molecular weight excluding hydrogens is 296 g/mol. The zero-order valence-electron chi connectivity index (χ0n) is 15.9. The van der Waals surface area contributed by atoms with Crippen molar-refractivity contribution in [3.8, 4) is 11.5 Å². The topological polar surface area (TPSA) is 40.5 Å². The lowest BCUT2D eigenvalue weighted by molar-refractivity contribution is 0.224. The Morgan fingerprint density at radius 3 is 1.75 bits per heavy atom. The molecule has 0 heterocycles. The van der Waals surface area contributed by atoms with Crippen molar-refractivity contribution in [1.29, 1.82) is 0 Å². The second kappa shape index (κ2) is 5.84. The molecule has 0 aliphatic rings. The molecule has 24 heavy (non-hydrogen) atoms. The Morgan fingerprint density at radius 2 is 1.25 bits per heavy atom. The summed E-state index contributed by atoms with van der Waals surface area (Å²) in [5.74, 6) is -0.0823. The molecule has 0 bridgehead atoms. The lowest BCUT2D eigenvalue weighted by atomic mass is 9.64. The first kappa shape index (κ1) is 18.4. The van der Waals surface area contributed by atoms with Gasteiger partial charge in [0.1, 0.15) is 0 Å². The monoisotopic (exact) mass is 326 g/mol. The Morgan fingerprint density at radius 1 is 0.708 bits per heavy atom. The highest BCUT2D eigenvalue weighted by atomic mass is 16.3. The lowest BCUT2D eigenvalue weighted by Crippen LogP contribution is -2.34. The Bertz CT molecular complexity index is 720. The molecule has 2 aromatic rings. The van der Waals surface area contributed by atoms with E-state index in [-0.39, 0.29) is 22.3 Å². The van der Waals surface area contributed by atoms with Crippen LogP contribution in [0.15, 0.2) is 42.5 Å². The van der Waals surface area contributed by atoms with Crippen LogP contribution in [0.2, 0.25) is 0 Å². The van der Waals surface area contributed by atoms with Gasteiger partial charge in [-0.2, -0.15) is 0 Å². The van der Waals surface area contributed by atoms with Crippen molar-refractivity contribution in [1.82, 2.24) is 0 Å². The molecule has 2 aromatic carbocycles. The van der Waals surface area contributed by atoms with Crippen LogP contribution < -0.4 is 0 Å². The highest BCUT2D eigenvalue weighted by molar-refractivity contribution is 5.55. The summed E-state index contributed by atoms with van der Waals surface area (Å²) in [6.45, 7) is 15.1. The third-order valence-corrected chi connectivity index (χ3v) is 5.86. The zero-order valence-corrected chi connectivity index (χ0v) is 15.9. The van der Waals surface area contributed by atoms with Crippen molar-refractivity contribution in [3.05, 3.63) is 59.2 Å². The van der Waals surface area contributed by atoms with Crippen molar-refractivity contribution in [3.63, 3.8) is 0 Å². The van der Waals surface area contributed by atoms with Gasteiger partial charge < -0.3 is 10.2 Å². The Kier molecular flexibility index (Phi) is 4.47. The molecule has 2 rings (SSSR count). The first-order chi connectivity index (χ1) is 10.9. The molecule has 0 atom stereocenters. The average molecular weight is 326 g/mol. The summed E-state index contributed by atoms with van der Waals surface area (Å²) in [5, 5.41) is 20.9. The average Bonchev–Trinajstić information content (AvgIpc) is 2.49. The number of aromatic hydroxyl groups is 2. The third-order valence-electron chi connectivity index (χ3n) is 5.86. The molecule has 2 nitrogen and oxygen atoms in total. The summed E-state index contributed by atoms with van der Waals surface area (Å²) in [6.07, 6.45) is 0. The van der Waals surface area contributed by atoms with E-state index < -0.39 is 5.41 Å². The number of hydrogen-bond donors (Lipinski definition) is 2. The largest absolute Gasteiger partial charge is 0.504 e. The summed E-state index contributed by atoms with van der Waals surface area (Å²) in [7, 11) is 0. The van der Waals surface area contributed by atoms with E-state index in [0.717, 1.165) is 16.7 Å². The van der Waals surface area contributed by atoms with E-state index in [1.54, 1.807) is 6.07 Å². The SMILES string of the molecule is CC(C)(c1ccccc1)c1cc(C(C)(C)C(C)(C)C)cc(O)c1O. The fraction of sp³-hybridized carbons (Fsp3) is 0.455. The maximum atomic E-state index is 10.5. The minimum atomic E-state index is -0.410. The van der Waals surface area contributed by atoms with E-state index in [1.165, 1.54) is 0 Å². The van der Waals surface area contributed by atoms with E-state index in [1.807, 2.05) is 24.3 Å². The molecule has 0 saturated carbocycles. The minimum absolute atomic E-state index is 0.0184. The molecule has 0 amide bonds. The second-order valence-corrected chi connectivity index (χ2v) is 8.76. The molecule has 0 fully saturated rings. The van der Waals surface area contributed by atoms with Gasteiger partial charge in [-0.15, -0.1) is 0 Å². The van der Waals surface area contributed by atoms with Gasteiger partial charge in [-0.1, -0.05) is 84.9 Å². The minimum Gasteiger partial charge on any atom is -0.504 e. The predicted octanol–water partition coefficient (Wildman–Crippen LogP) is 5.75. The van der Waals surface area contributed by atoms with Crippen molar-refractivity contribution >= 4 is 0 Å². The van der Waals surface area contributed by atoms with Crippen LogP contribution in [0.25, 0.3) is 0 Å². The molecule has 0 radical (unpaired) electrons. The molecule has 0 spiro atoms. The van der Waals surface area contributed by atoms with Crippen LogP contribution in [0, 0.1) is 5.41 Å². The lowest BCUT2D eigenvalue weighted by Gasteiger charge is -2.40. The first-order valence-electron chi connectivity index (χ1n) is 8.51. The summed E-state index contributed by atoms with van der Waals surface area (Å²) in [5.41, 5.74) is 2.34. The van der Waals surface area contributed by atoms with Gasteiger partial charge in [0, 0.05) is 11.0 Å². The molecular formula is C22H30O2. The first-order valence-corrected chi connectivity index (χ1v) is 8.51. The maximum Gasteiger partial charge on any atom is 0.161 e. The van der Waals surface area contributed by atoms with Crippen LogP contribution in [-0.4, -0.2) is 10.2 Å². The Hall–Kier alpha value is -1.96. The zero-order chi connectivity index (χ0) is 18.3. The van der Waals surface area contributed by atoms with Crippen LogP contribution >= 0.6 is 0 Å². The fourth-order valence-electron chi connectivity index (χ4n) is 2.90. The molecule has 2 N–H and O–H groups in total. The fourth-order valence-corrected chi connectivity index (χ4v) is 2.90. The summed E-state index contributed by atoms with van der Waals surface area (Å²) in [4.78, 5) is 0. The van der Waals surface area contributed by atoms with Crippen LogP contribution in [0.3, 0.4) is 0 Å². The van der Waals surface area contributed by atoms with E-state index in [4.69, 9.17) is 0 Å². The Labute approximate surface area is 146 Å². The standard InChI is InChI=1S/C22H30O2/c1-20(2,3)22(6,7)16-13-17(19(24)18(23)14-16)21(4,5)15-11-9-8-10-12-15/h8-14,23-24H,1-7H3. The van der Waals surface area contributed by atoms with Gasteiger partial charge in [-0.05, 0) is 28.0 Å². The van der Waals surface area contributed by atoms with E-state index in [9.17, 15) is 10.2 Å². The number of rotatable bonds is 3. The van der Waals surface area contributed by atoms with Gasteiger partial charge in [0.05, 0.1) is 0 Å². The number of phenols is 2. The van der Waals surface area contributed by atoms with Crippen molar-refractivity contribution in [2.75, 3.05) is 0 Å². The number of benzene rings is 2. The van der Waals surface area contributed by atoms with Gasteiger partial charge in [-0.3, -0.25) is 0 Å². The molecule has 0 aromatic heterocycles.